The molecule has 0 aliphatic heterocycles. The van der Waals surface area contributed by atoms with Crippen LogP contribution in [0.15, 0.2) is 127 Å². The van der Waals surface area contributed by atoms with Gasteiger partial charge in [-0.2, -0.15) is 26.2 Å². The average Bonchev–Trinajstić information content (AvgIpc) is 3.93. The van der Waals surface area contributed by atoms with Crippen molar-refractivity contribution in [3.8, 4) is 22.3 Å². The van der Waals surface area contributed by atoms with Crippen LogP contribution in [0.4, 0.5) is 17.1 Å². The zero-order chi connectivity index (χ0) is 31.6. The highest BCUT2D eigenvalue weighted by atomic mass is 32.1. The Kier molecular flexibility index (Phi) is 6.26. The fourth-order valence-corrected chi connectivity index (χ4v) is 8.29. The molecule has 0 N–H and O–H groups in total. The van der Waals surface area contributed by atoms with Gasteiger partial charge in [-0.3, -0.25) is 0 Å². The van der Waals surface area contributed by atoms with Gasteiger partial charge < -0.3 is 4.90 Å². The summed E-state index contributed by atoms with van der Waals surface area (Å²) in [5.74, 6) is 0. The highest BCUT2D eigenvalue weighted by molar-refractivity contribution is 7.00. The van der Waals surface area contributed by atoms with Gasteiger partial charge in [-0.15, -0.1) is 0 Å². The van der Waals surface area contributed by atoms with Crippen LogP contribution < -0.4 is 4.90 Å². The Morgan fingerprint density at radius 2 is 0.833 bits per heavy atom. The van der Waals surface area contributed by atoms with Crippen molar-refractivity contribution in [2.24, 2.45) is 0 Å². The SMILES string of the molecule is c1ccc2cc(-c3ccc(N(c4cccc5nsnc45)c4ccc(-c5ccc6ccccc6c5)c5nsnc45)c4nsnc34)ccc2c1. The van der Waals surface area contributed by atoms with Crippen LogP contribution in [-0.2, 0) is 0 Å². The molecule has 3 aromatic heterocycles. The van der Waals surface area contributed by atoms with E-state index in [2.05, 4.69) is 125 Å². The van der Waals surface area contributed by atoms with Gasteiger partial charge in [0.2, 0.25) is 0 Å². The maximum absolute atomic E-state index is 4.89. The standard InChI is InChI=1S/C38H21N7S3/c1-3-8-24-20-26(14-12-22(24)6-1)28-16-18-32(37-34(28)40-47-43-37)45(31-11-5-10-30-36(31)42-46-39-30)33-19-17-29(35-38(33)44-48-41-35)27-15-13-23-7-2-4-9-25(23)21-27/h1-21H. The Morgan fingerprint density at radius 3 is 1.42 bits per heavy atom. The number of hydrogen-bond donors (Lipinski definition) is 0. The first-order valence-corrected chi connectivity index (χ1v) is 17.5. The summed E-state index contributed by atoms with van der Waals surface area (Å²) in [7, 11) is 0. The van der Waals surface area contributed by atoms with E-state index in [9.17, 15) is 0 Å². The lowest BCUT2D eigenvalue weighted by molar-refractivity contribution is 1.31. The third-order valence-electron chi connectivity index (χ3n) is 8.90. The zero-order valence-corrected chi connectivity index (χ0v) is 27.4. The minimum atomic E-state index is 0.806. The molecule has 7 aromatic carbocycles. The molecular formula is C38H21N7S3. The van der Waals surface area contributed by atoms with Crippen molar-refractivity contribution in [2.75, 3.05) is 4.90 Å². The van der Waals surface area contributed by atoms with E-state index in [0.29, 0.717) is 0 Å². The topological polar surface area (TPSA) is 80.6 Å². The number of nitrogens with zero attached hydrogens (tertiary/aromatic N) is 7. The van der Waals surface area contributed by atoms with Gasteiger partial charge in [0.25, 0.3) is 0 Å². The molecule has 0 bridgehead atoms. The minimum absolute atomic E-state index is 0.806. The van der Waals surface area contributed by atoms with Crippen molar-refractivity contribution in [1.82, 2.24) is 26.2 Å². The molecule has 7 nitrogen and oxygen atoms in total. The first-order valence-electron chi connectivity index (χ1n) is 15.3. The monoisotopic (exact) mass is 671 g/mol. The van der Waals surface area contributed by atoms with Gasteiger partial charge in [0.05, 0.1) is 52.2 Å². The Morgan fingerprint density at radius 1 is 0.354 bits per heavy atom. The summed E-state index contributed by atoms with van der Waals surface area (Å²) in [6, 6.07) is 44.6. The molecule has 10 heteroatoms. The molecule has 0 amide bonds. The highest BCUT2D eigenvalue weighted by Crippen LogP contribution is 2.46. The van der Waals surface area contributed by atoms with E-state index in [0.717, 1.165) is 72.4 Å². The van der Waals surface area contributed by atoms with Gasteiger partial charge in [-0.25, -0.2) is 0 Å². The van der Waals surface area contributed by atoms with E-state index in [1.165, 1.54) is 56.7 Å². The second-order valence-electron chi connectivity index (χ2n) is 11.6. The van der Waals surface area contributed by atoms with Gasteiger partial charge in [-0.05, 0) is 81.2 Å². The van der Waals surface area contributed by atoms with Crippen LogP contribution in [0.1, 0.15) is 0 Å². The molecule has 48 heavy (non-hydrogen) atoms. The summed E-state index contributed by atoms with van der Waals surface area (Å²) in [6.07, 6.45) is 0. The molecule has 0 unspecified atom stereocenters. The molecule has 0 aliphatic carbocycles. The molecule has 0 saturated carbocycles. The van der Waals surface area contributed by atoms with Gasteiger partial charge >= 0.3 is 0 Å². The maximum Gasteiger partial charge on any atom is 0.129 e. The fourth-order valence-electron chi connectivity index (χ4n) is 6.61. The Bertz CT molecular complexity index is 2680. The van der Waals surface area contributed by atoms with Crippen LogP contribution in [-0.4, -0.2) is 26.2 Å². The zero-order valence-electron chi connectivity index (χ0n) is 25.0. The molecule has 0 saturated heterocycles. The first-order chi connectivity index (χ1) is 23.8. The lowest BCUT2D eigenvalue weighted by Gasteiger charge is -2.26. The number of aromatic nitrogens is 6. The number of rotatable bonds is 5. The normalized spacial score (nSPS) is 11.8. The highest BCUT2D eigenvalue weighted by Gasteiger charge is 2.26. The predicted octanol–water partition coefficient (Wildman–Crippen LogP) is 10.8. The molecule has 0 spiro atoms. The summed E-state index contributed by atoms with van der Waals surface area (Å²) in [5.41, 5.74) is 11.9. The maximum atomic E-state index is 4.89. The van der Waals surface area contributed by atoms with Crippen LogP contribution in [0, 0.1) is 0 Å². The van der Waals surface area contributed by atoms with Gasteiger partial charge in [0.1, 0.15) is 33.1 Å². The van der Waals surface area contributed by atoms with E-state index in [4.69, 9.17) is 21.9 Å². The molecule has 10 aromatic rings. The molecule has 0 aliphatic rings. The van der Waals surface area contributed by atoms with E-state index >= 15 is 0 Å². The summed E-state index contributed by atoms with van der Waals surface area (Å²) in [6.45, 7) is 0. The molecule has 10 rings (SSSR count). The van der Waals surface area contributed by atoms with Crippen LogP contribution in [0.2, 0.25) is 0 Å². The minimum Gasteiger partial charge on any atom is -0.304 e. The lowest BCUT2D eigenvalue weighted by Crippen LogP contribution is -2.12. The largest absolute Gasteiger partial charge is 0.304 e. The molecule has 0 atom stereocenters. The summed E-state index contributed by atoms with van der Waals surface area (Å²) >= 11 is 3.65. The molecule has 3 heterocycles. The summed E-state index contributed by atoms with van der Waals surface area (Å²) < 4.78 is 28.8. The van der Waals surface area contributed by atoms with Crippen LogP contribution in [0.25, 0.3) is 76.9 Å². The number of hydrogen-bond acceptors (Lipinski definition) is 10. The van der Waals surface area contributed by atoms with Crippen LogP contribution in [0.3, 0.4) is 0 Å². The van der Waals surface area contributed by atoms with Crippen LogP contribution in [0.5, 0.6) is 0 Å². The van der Waals surface area contributed by atoms with Gasteiger partial charge in [0.15, 0.2) is 0 Å². The Balaban J connectivity index is 1.20. The van der Waals surface area contributed by atoms with E-state index in [1.54, 1.807) is 0 Å². The van der Waals surface area contributed by atoms with Crippen molar-refractivity contribution in [1.29, 1.82) is 0 Å². The van der Waals surface area contributed by atoms with E-state index in [1.807, 2.05) is 12.1 Å². The average molecular weight is 672 g/mol. The lowest BCUT2D eigenvalue weighted by atomic mass is 9.98. The first kappa shape index (κ1) is 27.4. The molecule has 226 valence electrons. The Labute approximate surface area is 286 Å². The Hall–Kier alpha value is -5.68. The van der Waals surface area contributed by atoms with Crippen molar-refractivity contribution in [2.45, 2.75) is 0 Å². The third kappa shape index (κ3) is 4.31. The quantitative estimate of drug-likeness (QED) is 0.180. The number of benzene rings is 7. The van der Waals surface area contributed by atoms with Gasteiger partial charge in [-0.1, -0.05) is 78.9 Å². The molecule has 0 fully saturated rings. The summed E-state index contributed by atoms with van der Waals surface area (Å²) in [4.78, 5) is 2.20. The van der Waals surface area contributed by atoms with Crippen molar-refractivity contribution in [3.05, 3.63) is 127 Å². The number of anilines is 3. The van der Waals surface area contributed by atoms with E-state index in [-0.39, 0.29) is 0 Å². The molecule has 0 radical (unpaired) electrons. The second-order valence-corrected chi connectivity index (χ2v) is 13.1. The third-order valence-corrected chi connectivity index (χ3v) is 10.5. The van der Waals surface area contributed by atoms with Crippen molar-refractivity contribution in [3.63, 3.8) is 0 Å². The van der Waals surface area contributed by atoms with Crippen LogP contribution >= 0.6 is 35.2 Å². The van der Waals surface area contributed by atoms with Crippen molar-refractivity contribution < 1.29 is 0 Å². The smallest absolute Gasteiger partial charge is 0.129 e. The van der Waals surface area contributed by atoms with Crippen molar-refractivity contribution >= 4 is 107 Å². The molecular weight excluding hydrogens is 651 g/mol. The predicted molar refractivity (Wildman–Crippen MR) is 200 cm³/mol. The number of fused-ring (bicyclic) bond motifs is 5. The summed E-state index contributed by atoms with van der Waals surface area (Å²) in [5, 5.41) is 4.78. The van der Waals surface area contributed by atoms with Gasteiger partial charge in [0, 0.05) is 11.1 Å². The second kappa shape index (κ2) is 11.0. The van der Waals surface area contributed by atoms with E-state index < -0.39 is 0 Å². The fraction of sp³-hybridized carbons (Fsp3) is 0.